The van der Waals surface area contributed by atoms with Crippen molar-refractivity contribution in [2.24, 2.45) is 0 Å². The molecule has 0 spiro atoms. The molecule has 1 aliphatic heterocycles. The highest BCUT2D eigenvalue weighted by atomic mass is 16.5. The van der Waals surface area contributed by atoms with Crippen molar-refractivity contribution in [2.45, 2.75) is 46.1 Å². The first-order valence-electron chi connectivity index (χ1n) is 11.9. The number of methoxy groups -OCH3 is 1. The van der Waals surface area contributed by atoms with Crippen LogP contribution in [0.25, 0.3) is 5.76 Å². The molecule has 1 N–H and O–H groups in total. The first-order valence-corrected chi connectivity index (χ1v) is 11.9. The normalized spacial score (nSPS) is 18.1. The highest BCUT2D eigenvalue weighted by molar-refractivity contribution is 6.46. The molecule has 182 valence electrons. The first kappa shape index (κ1) is 25.5. The number of carbonyl (C=O) groups excluding carboxylic acids is 2. The summed E-state index contributed by atoms with van der Waals surface area (Å²) in [6.45, 7) is 13.1. The summed E-state index contributed by atoms with van der Waals surface area (Å²) >= 11 is 0. The fourth-order valence-corrected chi connectivity index (χ4v) is 4.48. The smallest absolute Gasteiger partial charge is 0.295 e. The van der Waals surface area contributed by atoms with Gasteiger partial charge in [0, 0.05) is 24.2 Å². The quantitative estimate of drug-likeness (QED) is 0.347. The molecule has 34 heavy (non-hydrogen) atoms. The molecule has 6 nitrogen and oxygen atoms in total. The summed E-state index contributed by atoms with van der Waals surface area (Å²) in [6, 6.07) is 14.2. The van der Waals surface area contributed by atoms with Gasteiger partial charge in [-0.05, 0) is 42.3 Å². The van der Waals surface area contributed by atoms with E-state index in [1.165, 1.54) is 0 Å². The second kappa shape index (κ2) is 10.4. The van der Waals surface area contributed by atoms with Gasteiger partial charge in [0.1, 0.15) is 11.5 Å². The van der Waals surface area contributed by atoms with Gasteiger partial charge in [-0.25, -0.2) is 0 Å². The van der Waals surface area contributed by atoms with Gasteiger partial charge in [-0.15, -0.1) is 0 Å². The number of carbonyl (C=O) groups is 2. The van der Waals surface area contributed by atoms with Crippen LogP contribution in [0.15, 0.2) is 54.1 Å². The largest absolute Gasteiger partial charge is 0.507 e. The standard InChI is InChI=1S/C28H36N2O4/c1-7-29(8-2)16-17-30-24(19-12-10-9-11-13-19)23(26(32)27(30)33)25(31)20-14-15-22(34-6)21(18-20)28(3,4)5/h9-15,18,24,31H,7-8,16-17H2,1-6H3/b25-23-. The molecule has 0 saturated carbocycles. The van der Waals surface area contributed by atoms with Crippen LogP contribution in [0, 0.1) is 0 Å². The predicted octanol–water partition coefficient (Wildman–Crippen LogP) is 4.76. The first-order chi connectivity index (χ1) is 16.1. The highest BCUT2D eigenvalue weighted by Gasteiger charge is 2.46. The van der Waals surface area contributed by atoms with E-state index in [2.05, 4.69) is 39.5 Å². The van der Waals surface area contributed by atoms with Gasteiger partial charge in [0.05, 0.1) is 18.7 Å². The molecule has 2 aromatic carbocycles. The minimum atomic E-state index is -0.654. The third-order valence-electron chi connectivity index (χ3n) is 6.49. The minimum absolute atomic E-state index is 0.126. The van der Waals surface area contributed by atoms with Gasteiger partial charge in [-0.2, -0.15) is 0 Å². The van der Waals surface area contributed by atoms with Crippen molar-refractivity contribution in [3.63, 3.8) is 0 Å². The number of aliphatic hydroxyl groups is 1. The third-order valence-corrected chi connectivity index (χ3v) is 6.49. The predicted molar refractivity (Wildman–Crippen MR) is 135 cm³/mol. The van der Waals surface area contributed by atoms with Crippen LogP contribution in [0.2, 0.25) is 0 Å². The van der Waals surface area contributed by atoms with Crippen molar-refractivity contribution in [1.82, 2.24) is 9.80 Å². The van der Waals surface area contributed by atoms with E-state index in [0.29, 0.717) is 24.4 Å². The van der Waals surface area contributed by atoms with Crippen molar-refractivity contribution in [2.75, 3.05) is 33.3 Å². The lowest BCUT2D eigenvalue weighted by atomic mass is 9.84. The van der Waals surface area contributed by atoms with Crippen molar-refractivity contribution in [3.05, 3.63) is 70.8 Å². The van der Waals surface area contributed by atoms with E-state index in [-0.39, 0.29) is 16.7 Å². The number of hydrogen-bond acceptors (Lipinski definition) is 5. The van der Waals surface area contributed by atoms with Gasteiger partial charge in [0.25, 0.3) is 11.7 Å². The Morgan fingerprint density at radius 1 is 1.06 bits per heavy atom. The van der Waals surface area contributed by atoms with Crippen molar-refractivity contribution < 1.29 is 19.4 Å². The molecule has 3 rings (SSSR count). The number of amides is 1. The van der Waals surface area contributed by atoms with E-state index in [4.69, 9.17) is 4.74 Å². The molecule has 0 bridgehead atoms. The molecule has 1 atom stereocenters. The Kier molecular flexibility index (Phi) is 7.82. The molecule has 0 aromatic heterocycles. The minimum Gasteiger partial charge on any atom is -0.507 e. The van der Waals surface area contributed by atoms with Crippen LogP contribution in [0.5, 0.6) is 5.75 Å². The Labute approximate surface area is 202 Å². The van der Waals surface area contributed by atoms with E-state index in [1.54, 1.807) is 24.1 Å². The molecular formula is C28H36N2O4. The highest BCUT2D eigenvalue weighted by Crippen LogP contribution is 2.40. The summed E-state index contributed by atoms with van der Waals surface area (Å²) in [5, 5.41) is 11.4. The van der Waals surface area contributed by atoms with Gasteiger partial charge >= 0.3 is 0 Å². The molecule has 1 unspecified atom stereocenters. The van der Waals surface area contributed by atoms with E-state index < -0.39 is 17.7 Å². The van der Waals surface area contributed by atoms with E-state index in [0.717, 1.165) is 24.2 Å². The monoisotopic (exact) mass is 464 g/mol. The molecule has 1 fully saturated rings. The van der Waals surface area contributed by atoms with Crippen molar-refractivity contribution >= 4 is 17.4 Å². The zero-order valence-corrected chi connectivity index (χ0v) is 21.1. The maximum absolute atomic E-state index is 13.3. The van der Waals surface area contributed by atoms with E-state index >= 15 is 0 Å². The van der Waals surface area contributed by atoms with Crippen LogP contribution in [-0.2, 0) is 15.0 Å². The molecule has 1 saturated heterocycles. The number of benzene rings is 2. The summed E-state index contributed by atoms with van der Waals surface area (Å²) in [7, 11) is 1.61. The molecule has 0 aliphatic carbocycles. The van der Waals surface area contributed by atoms with E-state index in [9.17, 15) is 14.7 Å². The number of nitrogens with zero attached hydrogens (tertiary/aromatic N) is 2. The number of ether oxygens (including phenoxy) is 1. The molecule has 6 heteroatoms. The van der Waals surface area contributed by atoms with Crippen LogP contribution in [0.1, 0.15) is 57.4 Å². The number of ketones is 1. The number of rotatable bonds is 8. The maximum atomic E-state index is 13.3. The van der Waals surface area contributed by atoms with Crippen LogP contribution in [0.4, 0.5) is 0 Å². The molecule has 0 radical (unpaired) electrons. The summed E-state index contributed by atoms with van der Waals surface area (Å²) in [5.74, 6) is -0.680. The lowest BCUT2D eigenvalue weighted by molar-refractivity contribution is -0.140. The van der Waals surface area contributed by atoms with Crippen LogP contribution < -0.4 is 4.74 Å². The molecule has 2 aromatic rings. The molecular weight excluding hydrogens is 428 g/mol. The summed E-state index contributed by atoms with van der Waals surface area (Å²) < 4.78 is 5.52. The molecule has 1 amide bonds. The molecule has 1 heterocycles. The van der Waals surface area contributed by atoms with Gasteiger partial charge in [-0.3, -0.25) is 9.59 Å². The maximum Gasteiger partial charge on any atom is 0.295 e. The number of aliphatic hydroxyl groups excluding tert-OH is 1. The fraction of sp³-hybridized carbons (Fsp3) is 0.429. The van der Waals surface area contributed by atoms with E-state index in [1.807, 2.05) is 36.4 Å². The number of likely N-dealkylation sites (tertiary alicyclic amines) is 1. The third kappa shape index (κ3) is 5.02. The van der Waals surface area contributed by atoms with Crippen molar-refractivity contribution in [3.8, 4) is 5.75 Å². The van der Waals surface area contributed by atoms with Crippen LogP contribution >= 0.6 is 0 Å². The summed E-state index contributed by atoms with van der Waals surface area (Å²) in [4.78, 5) is 30.2. The Morgan fingerprint density at radius 2 is 1.71 bits per heavy atom. The van der Waals surface area contributed by atoms with Gasteiger partial charge in [0.2, 0.25) is 0 Å². The number of hydrogen-bond donors (Lipinski definition) is 1. The van der Waals surface area contributed by atoms with Gasteiger partial charge < -0.3 is 19.6 Å². The zero-order chi connectivity index (χ0) is 25.0. The van der Waals surface area contributed by atoms with Crippen LogP contribution in [-0.4, -0.2) is 59.9 Å². The average Bonchev–Trinajstić information content (AvgIpc) is 3.08. The average molecular weight is 465 g/mol. The Hall–Kier alpha value is -3.12. The van der Waals surface area contributed by atoms with Crippen LogP contribution in [0.3, 0.4) is 0 Å². The lowest BCUT2D eigenvalue weighted by Crippen LogP contribution is -2.38. The Balaban J connectivity index is 2.14. The second-order valence-electron chi connectivity index (χ2n) is 9.60. The fourth-order valence-electron chi connectivity index (χ4n) is 4.48. The summed E-state index contributed by atoms with van der Waals surface area (Å²) in [6.07, 6.45) is 0. The SMILES string of the molecule is CCN(CC)CCN1C(=O)C(=O)/C(=C(\O)c2ccc(OC)c(C(C)(C)C)c2)C1c1ccccc1. The van der Waals surface area contributed by atoms with Gasteiger partial charge in [-0.1, -0.05) is 65.0 Å². The Morgan fingerprint density at radius 3 is 2.26 bits per heavy atom. The topological polar surface area (TPSA) is 70.1 Å². The second-order valence-corrected chi connectivity index (χ2v) is 9.60. The summed E-state index contributed by atoms with van der Waals surface area (Å²) in [5.41, 5.74) is 2.09. The zero-order valence-electron chi connectivity index (χ0n) is 21.1. The number of likely N-dealkylation sites (N-methyl/N-ethyl adjacent to an activating group) is 1. The van der Waals surface area contributed by atoms with Crippen molar-refractivity contribution in [1.29, 1.82) is 0 Å². The number of Topliss-reactive ketones (excluding diaryl/α,β-unsaturated/α-hetero) is 1. The van der Waals surface area contributed by atoms with Gasteiger partial charge in [0.15, 0.2) is 0 Å². The molecule has 1 aliphatic rings. The Bertz CT molecular complexity index is 1070. The lowest BCUT2D eigenvalue weighted by Gasteiger charge is -2.28.